The molecule has 0 unspecified atom stereocenters. The number of fused-ring (bicyclic) bond motifs is 1. The zero-order valence-electron chi connectivity index (χ0n) is 18.9. The van der Waals surface area contributed by atoms with Gasteiger partial charge in [0.15, 0.2) is 0 Å². The Labute approximate surface area is 194 Å². The molecule has 6 heteroatoms. The molecule has 1 aromatic heterocycles. The summed E-state index contributed by atoms with van der Waals surface area (Å²) in [5.41, 5.74) is 1.29. The number of hydrogen-bond donors (Lipinski definition) is 0. The predicted molar refractivity (Wildman–Crippen MR) is 128 cm³/mol. The van der Waals surface area contributed by atoms with Crippen molar-refractivity contribution < 1.29 is 19.1 Å². The van der Waals surface area contributed by atoms with Crippen molar-refractivity contribution in [1.82, 2.24) is 9.88 Å². The van der Waals surface area contributed by atoms with Gasteiger partial charge < -0.3 is 9.47 Å². The molecule has 6 nitrogen and oxygen atoms in total. The Hall–Kier alpha value is -3.51. The average Bonchev–Trinajstić information content (AvgIpc) is 2.85. The van der Waals surface area contributed by atoms with Crippen molar-refractivity contribution in [1.29, 1.82) is 0 Å². The van der Waals surface area contributed by atoms with Crippen LogP contribution in [0.5, 0.6) is 0 Å². The maximum absolute atomic E-state index is 11.7. The number of carbonyl (C=O) groups excluding carboxylic acids is 2. The summed E-state index contributed by atoms with van der Waals surface area (Å²) in [4.78, 5) is 29.2. The van der Waals surface area contributed by atoms with Crippen molar-refractivity contribution in [2.24, 2.45) is 0 Å². The molecule has 0 atom stereocenters. The normalized spacial score (nSPS) is 14.5. The minimum absolute atomic E-state index is 0.0821. The summed E-state index contributed by atoms with van der Waals surface area (Å²) in [5, 5.41) is 2.45. The number of ether oxygens (including phenoxy) is 2. The first kappa shape index (κ1) is 24.1. The molecule has 1 fully saturated rings. The Morgan fingerprint density at radius 2 is 1.61 bits per heavy atom. The van der Waals surface area contributed by atoms with Crippen molar-refractivity contribution in [2.75, 3.05) is 19.7 Å². The molecule has 0 saturated carbocycles. The molecule has 0 aliphatic carbocycles. The monoisotopic (exact) mass is 446 g/mol. The van der Waals surface area contributed by atoms with Crippen LogP contribution in [0.15, 0.2) is 85.2 Å². The molecule has 0 bridgehead atoms. The van der Waals surface area contributed by atoms with Gasteiger partial charge in [-0.1, -0.05) is 54.6 Å². The van der Waals surface area contributed by atoms with E-state index >= 15 is 0 Å². The average molecular weight is 447 g/mol. The second kappa shape index (κ2) is 13.1. The molecule has 0 radical (unpaired) electrons. The summed E-state index contributed by atoms with van der Waals surface area (Å²) in [6, 6.07) is 20.5. The van der Waals surface area contributed by atoms with Gasteiger partial charge in [0.2, 0.25) is 0 Å². The molecule has 2 aromatic carbocycles. The summed E-state index contributed by atoms with van der Waals surface area (Å²) >= 11 is 0. The molecule has 0 amide bonds. The zero-order valence-corrected chi connectivity index (χ0v) is 18.9. The molecule has 1 aliphatic heterocycles. The van der Waals surface area contributed by atoms with E-state index in [1.807, 2.05) is 48.8 Å². The van der Waals surface area contributed by atoms with Crippen LogP contribution in [0.25, 0.3) is 10.8 Å². The third-order valence-electron chi connectivity index (χ3n) is 5.26. The van der Waals surface area contributed by atoms with Crippen LogP contribution in [-0.4, -0.2) is 47.6 Å². The van der Waals surface area contributed by atoms with Crippen molar-refractivity contribution >= 4 is 22.7 Å². The third-order valence-corrected chi connectivity index (χ3v) is 5.26. The highest BCUT2D eigenvalue weighted by molar-refractivity contribution is 5.91. The number of aromatic nitrogens is 1. The highest BCUT2D eigenvalue weighted by Crippen LogP contribution is 2.16. The summed E-state index contributed by atoms with van der Waals surface area (Å²) in [6.07, 6.45) is 7.46. The Morgan fingerprint density at radius 1 is 0.939 bits per heavy atom. The molecule has 0 N–H and O–H groups in total. The van der Waals surface area contributed by atoms with E-state index in [4.69, 9.17) is 9.47 Å². The largest absolute Gasteiger partial charge is 0.463 e. The van der Waals surface area contributed by atoms with Crippen molar-refractivity contribution in [3.8, 4) is 0 Å². The lowest BCUT2D eigenvalue weighted by Crippen LogP contribution is -2.37. The van der Waals surface area contributed by atoms with E-state index in [9.17, 15) is 9.59 Å². The molecule has 3 aromatic rings. The fourth-order valence-electron chi connectivity index (χ4n) is 3.58. The van der Waals surface area contributed by atoms with E-state index in [1.54, 1.807) is 6.92 Å². The van der Waals surface area contributed by atoms with Crippen molar-refractivity contribution in [3.63, 3.8) is 0 Å². The van der Waals surface area contributed by atoms with Crippen molar-refractivity contribution in [2.45, 2.75) is 32.4 Å². The Morgan fingerprint density at radius 3 is 2.30 bits per heavy atom. The molecular weight excluding hydrogens is 416 g/mol. The quantitative estimate of drug-likeness (QED) is 0.409. The minimum Gasteiger partial charge on any atom is -0.463 e. The fourth-order valence-corrected chi connectivity index (χ4v) is 3.58. The minimum atomic E-state index is -0.526. The first-order valence-corrected chi connectivity index (χ1v) is 11.2. The van der Waals surface area contributed by atoms with Gasteiger partial charge in [-0.05, 0) is 42.2 Å². The molecule has 33 heavy (non-hydrogen) atoms. The Kier molecular flexibility index (Phi) is 9.61. The standard InChI is InChI=1S/C18H23NO4.C9H7N/c1-2-22-17(20)8-9-18(21)23-16-10-12-19(13-11-16)14-15-6-4-3-5-7-15;1-2-4-9-7-10-6-5-8(9)3-1/h3-9,16H,2,10-14H2,1H3;1-7H/b9-8-;. The lowest BCUT2D eigenvalue weighted by Gasteiger charge is -2.31. The second-order valence-electron chi connectivity index (χ2n) is 7.71. The van der Waals surface area contributed by atoms with Gasteiger partial charge >= 0.3 is 11.9 Å². The highest BCUT2D eigenvalue weighted by atomic mass is 16.5. The van der Waals surface area contributed by atoms with E-state index in [0.717, 1.165) is 44.6 Å². The summed E-state index contributed by atoms with van der Waals surface area (Å²) < 4.78 is 10.1. The molecule has 172 valence electrons. The number of rotatable bonds is 6. The summed E-state index contributed by atoms with van der Waals surface area (Å²) in [5.74, 6) is -1.01. The van der Waals surface area contributed by atoms with Gasteiger partial charge in [-0.3, -0.25) is 9.88 Å². The number of esters is 2. The maximum atomic E-state index is 11.7. The molecule has 1 aliphatic rings. The van der Waals surface area contributed by atoms with E-state index < -0.39 is 11.9 Å². The highest BCUT2D eigenvalue weighted by Gasteiger charge is 2.21. The SMILES string of the molecule is CCOC(=O)/C=C\C(=O)OC1CCN(Cc2ccccc2)CC1.c1ccc2cnccc2c1. The van der Waals surface area contributed by atoms with Crippen LogP contribution in [0, 0.1) is 0 Å². The van der Waals surface area contributed by atoms with E-state index in [0.29, 0.717) is 0 Å². The van der Waals surface area contributed by atoms with E-state index in [2.05, 4.69) is 34.1 Å². The van der Waals surface area contributed by atoms with Gasteiger partial charge in [-0.15, -0.1) is 0 Å². The van der Waals surface area contributed by atoms with Gasteiger partial charge in [0, 0.05) is 44.2 Å². The zero-order chi connectivity index (χ0) is 23.3. The number of benzene rings is 2. The smallest absolute Gasteiger partial charge is 0.331 e. The number of likely N-dealkylation sites (tertiary alicyclic amines) is 1. The predicted octanol–water partition coefficient (Wildman–Crippen LogP) is 4.55. The Balaban J connectivity index is 0.000000252. The number of hydrogen-bond acceptors (Lipinski definition) is 6. The Bertz CT molecular complexity index is 979. The molecule has 4 rings (SSSR count). The van der Waals surface area contributed by atoms with Crippen LogP contribution in [0.4, 0.5) is 0 Å². The number of pyridine rings is 1. The first-order valence-electron chi connectivity index (χ1n) is 11.2. The third kappa shape index (κ3) is 8.50. The van der Waals surface area contributed by atoms with E-state index in [1.165, 1.54) is 16.3 Å². The van der Waals surface area contributed by atoms with Crippen LogP contribution < -0.4 is 0 Å². The first-order chi connectivity index (χ1) is 16.1. The molecule has 2 heterocycles. The number of nitrogens with zero attached hydrogens (tertiary/aromatic N) is 2. The van der Waals surface area contributed by atoms with Gasteiger partial charge in [-0.25, -0.2) is 9.59 Å². The topological polar surface area (TPSA) is 68.7 Å². The van der Waals surface area contributed by atoms with E-state index in [-0.39, 0.29) is 12.7 Å². The fraction of sp³-hybridized carbons (Fsp3) is 0.296. The maximum Gasteiger partial charge on any atom is 0.331 e. The van der Waals surface area contributed by atoms with Gasteiger partial charge in [0.05, 0.1) is 6.61 Å². The van der Waals surface area contributed by atoms with Gasteiger partial charge in [0.25, 0.3) is 0 Å². The molecule has 0 spiro atoms. The van der Waals surface area contributed by atoms with Crippen LogP contribution in [-0.2, 0) is 25.6 Å². The lowest BCUT2D eigenvalue weighted by molar-refractivity contribution is -0.146. The van der Waals surface area contributed by atoms with Crippen molar-refractivity contribution in [3.05, 3.63) is 90.8 Å². The van der Waals surface area contributed by atoms with Crippen LogP contribution in [0.2, 0.25) is 0 Å². The summed E-state index contributed by atoms with van der Waals surface area (Å²) in [7, 11) is 0. The molecular formula is C27H30N2O4. The summed E-state index contributed by atoms with van der Waals surface area (Å²) in [6.45, 7) is 4.72. The van der Waals surface area contributed by atoms with Crippen LogP contribution in [0.1, 0.15) is 25.3 Å². The number of carbonyl (C=O) groups is 2. The van der Waals surface area contributed by atoms with Gasteiger partial charge in [0.1, 0.15) is 6.10 Å². The van der Waals surface area contributed by atoms with Gasteiger partial charge in [-0.2, -0.15) is 0 Å². The molecule has 1 saturated heterocycles. The van der Waals surface area contributed by atoms with Crippen LogP contribution >= 0.6 is 0 Å². The number of piperidine rings is 1. The van der Waals surface area contributed by atoms with Crippen LogP contribution in [0.3, 0.4) is 0 Å². The lowest BCUT2D eigenvalue weighted by atomic mass is 10.1. The second-order valence-corrected chi connectivity index (χ2v) is 7.71.